The van der Waals surface area contributed by atoms with Gasteiger partial charge in [0.1, 0.15) is 0 Å². The molecule has 0 saturated carbocycles. The summed E-state index contributed by atoms with van der Waals surface area (Å²) in [4.78, 5) is 3.80. The third kappa shape index (κ3) is 2.49. The second-order valence-corrected chi connectivity index (χ2v) is 5.16. The highest BCUT2D eigenvalue weighted by atomic mass is 32.1. The maximum Gasteiger partial charge on any atom is 0.169 e. The second-order valence-electron chi connectivity index (χ2n) is 3.77. The Labute approximate surface area is 100 Å². The molecule has 82 valence electrons. The zero-order chi connectivity index (χ0) is 10.7. The molecule has 1 aromatic heterocycles. The number of hydrogen-bond acceptors (Lipinski definition) is 2. The van der Waals surface area contributed by atoms with E-state index in [4.69, 9.17) is 12.2 Å². The highest BCUT2D eigenvalue weighted by Gasteiger charge is 2.18. The van der Waals surface area contributed by atoms with Gasteiger partial charge in [-0.15, -0.1) is 11.3 Å². The summed E-state index contributed by atoms with van der Waals surface area (Å²) in [6.45, 7) is 5.17. The van der Waals surface area contributed by atoms with Gasteiger partial charge in [0.15, 0.2) is 5.11 Å². The molecule has 0 unspecified atom stereocenters. The van der Waals surface area contributed by atoms with Gasteiger partial charge in [-0.2, -0.15) is 0 Å². The summed E-state index contributed by atoms with van der Waals surface area (Å²) in [6, 6.07) is 2.22. The predicted octanol–water partition coefficient (Wildman–Crippen LogP) is 2.39. The molecule has 0 amide bonds. The molecule has 2 heterocycles. The van der Waals surface area contributed by atoms with E-state index in [0.29, 0.717) is 0 Å². The van der Waals surface area contributed by atoms with Gasteiger partial charge in [0.2, 0.25) is 0 Å². The zero-order valence-corrected chi connectivity index (χ0v) is 10.6. The number of thiophene rings is 1. The molecule has 0 bridgehead atoms. The second kappa shape index (κ2) is 4.94. The van der Waals surface area contributed by atoms with Crippen LogP contribution in [0.4, 0.5) is 0 Å². The van der Waals surface area contributed by atoms with E-state index >= 15 is 0 Å². The Morgan fingerprint density at radius 1 is 1.67 bits per heavy atom. The molecule has 0 radical (unpaired) electrons. The van der Waals surface area contributed by atoms with Crippen LogP contribution < -0.4 is 5.32 Å². The average Bonchev–Trinajstić information content (AvgIpc) is 2.72. The van der Waals surface area contributed by atoms with E-state index in [-0.39, 0.29) is 0 Å². The third-order valence-corrected chi connectivity index (χ3v) is 4.05. The van der Waals surface area contributed by atoms with Crippen LogP contribution in [0.1, 0.15) is 23.8 Å². The molecular formula is C11H16N2S2. The first-order chi connectivity index (χ1) is 7.31. The van der Waals surface area contributed by atoms with Crippen molar-refractivity contribution in [3.8, 4) is 0 Å². The molecule has 2 nitrogen and oxygen atoms in total. The summed E-state index contributed by atoms with van der Waals surface area (Å²) in [5.74, 6) is 0. The molecule has 0 fully saturated rings. The van der Waals surface area contributed by atoms with Gasteiger partial charge < -0.3 is 10.2 Å². The van der Waals surface area contributed by atoms with Crippen LogP contribution in [0.2, 0.25) is 0 Å². The summed E-state index contributed by atoms with van der Waals surface area (Å²) < 4.78 is 0. The maximum absolute atomic E-state index is 5.36. The van der Waals surface area contributed by atoms with Gasteiger partial charge in [0.25, 0.3) is 0 Å². The molecule has 0 saturated heterocycles. The van der Waals surface area contributed by atoms with Crippen molar-refractivity contribution in [2.75, 3.05) is 13.1 Å². The quantitative estimate of drug-likeness (QED) is 0.799. The minimum Gasteiger partial charge on any atom is -0.363 e. The molecule has 0 spiro atoms. The van der Waals surface area contributed by atoms with Crippen LogP contribution in [-0.4, -0.2) is 23.1 Å². The van der Waals surface area contributed by atoms with E-state index in [1.165, 1.54) is 10.4 Å². The van der Waals surface area contributed by atoms with Crippen LogP contribution in [0, 0.1) is 0 Å². The first kappa shape index (κ1) is 10.9. The van der Waals surface area contributed by atoms with Crippen LogP contribution in [0.5, 0.6) is 0 Å². The monoisotopic (exact) mass is 240 g/mol. The van der Waals surface area contributed by atoms with Gasteiger partial charge in [0, 0.05) is 24.5 Å². The van der Waals surface area contributed by atoms with E-state index in [1.54, 1.807) is 0 Å². The smallest absolute Gasteiger partial charge is 0.169 e. The SMILES string of the molecule is CCCNC(=S)N1CCc2sccc2C1. The minimum absolute atomic E-state index is 0.911. The molecular weight excluding hydrogens is 224 g/mol. The Morgan fingerprint density at radius 2 is 2.53 bits per heavy atom. The highest BCUT2D eigenvalue weighted by molar-refractivity contribution is 7.80. The zero-order valence-electron chi connectivity index (χ0n) is 8.95. The summed E-state index contributed by atoms with van der Waals surface area (Å²) in [5, 5.41) is 6.37. The molecule has 2 rings (SSSR count). The predicted molar refractivity (Wildman–Crippen MR) is 69.3 cm³/mol. The molecule has 1 aliphatic heterocycles. The summed E-state index contributed by atoms with van der Waals surface area (Å²) in [6.07, 6.45) is 2.26. The van der Waals surface area contributed by atoms with Gasteiger partial charge in [-0.3, -0.25) is 0 Å². The third-order valence-electron chi connectivity index (χ3n) is 2.62. The van der Waals surface area contributed by atoms with Crippen molar-refractivity contribution in [3.05, 3.63) is 21.9 Å². The Morgan fingerprint density at radius 3 is 3.33 bits per heavy atom. The Balaban J connectivity index is 1.94. The van der Waals surface area contributed by atoms with Crippen molar-refractivity contribution >= 4 is 28.7 Å². The van der Waals surface area contributed by atoms with Crippen molar-refractivity contribution in [2.24, 2.45) is 0 Å². The van der Waals surface area contributed by atoms with Crippen molar-refractivity contribution in [1.82, 2.24) is 10.2 Å². The van der Waals surface area contributed by atoms with Gasteiger partial charge in [-0.25, -0.2) is 0 Å². The van der Waals surface area contributed by atoms with E-state index < -0.39 is 0 Å². The molecule has 1 aliphatic rings. The molecule has 4 heteroatoms. The van der Waals surface area contributed by atoms with Crippen LogP contribution in [0.15, 0.2) is 11.4 Å². The van der Waals surface area contributed by atoms with Crippen LogP contribution in [0.3, 0.4) is 0 Å². The van der Waals surface area contributed by atoms with Crippen molar-refractivity contribution in [2.45, 2.75) is 26.3 Å². The Hall–Kier alpha value is -0.610. The van der Waals surface area contributed by atoms with Gasteiger partial charge in [0.05, 0.1) is 0 Å². The van der Waals surface area contributed by atoms with Crippen molar-refractivity contribution in [3.63, 3.8) is 0 Å². The lowest BCUT2D eigenvalue weighted by Crippen LogP contribution is -2.42. The highest BCUT2D eigenvalue weighted by Crippen LogP contribution is 2.23. The van der Waals surface area contributed by atoms with E-state index in [2.05, 4.69) is 28.6 Å². The lowest BCUT2D eigenvalue weighted by Gasteiger charge is -2.29. The lowest BCUT2D eigenvalue weighted by molar-refractivity contribution is 0.391. The number of nitrogens with zero attached hydrogens (tertiary/aromatic N) is 1. The molecule has 0 atom stereocenters. The fraction of sp³-hybridized carbons (Fsp3) is 0.545. The standard InChI is InChI=1S/C11H16N2S2/c1-2-5-12-11(14)13-6-3-10-9(8-13)4-7-15-10/h4,7H,2-3,5-6,8H2,1H3,(H,12,14). The lowest BCUT2D eigenvalue weighted by atomic mass is 10.1. The number of thiocarbonyl (C=S) groups is 1. The minimum atomic E-state index is 0.911. The first-order valence-electron chi connectivity index (χ1n) is 5.39. The van der Waals surface area contributed by atoms with E-state index in [1.807, 2.05) is 11.3 Å². The number of nitrogens with one attached hydrogen (secondary N) is 1. The Bertz CT molecular complexity index is 346. The normalized spacial score (nSPS) is 14.9. The van der Waals surface area contributed by atoms with Crippen LogP contribution in [0.25, 0.3) is 0 Å². The Kier molecular flexibility index (Phi) is 3.59. The topological polar surface area (TPSA) is 15.3 Å². The van der Waals surface area contributed by atoms with Crippen LogP contribution >= 0.6 is 23.6 Å². The molecule has 1 N–H and O–H groups in total. The summed E-state index contributed by atoms with van der Waals surface area (Å²) in [5.41, 5.74) is 1.45. The molecule has 1 aromatic rings. The van der Waals surface area contributed by atoms with Gasteiger partial charge >= 0.3 is 0 Å². The average molecular weight is 240 g/mol. The van der Waals surface area contributed by atoms with Crippen LogP contribution in [-0.2, 0) is 13.0 Å². The summed E-state index contributed by atoms with van der Waals surface area (Å²) >= 11 is 7.23. The maximum atomic E-state index is 5.36. The van der Waals surface area contributed by atoms with E-state index in [0.717, 1.165) is 37.6 Å². The number of hydrogen-bond donors (Lipinski definition) is 1. The fourth-order valence-electron chi connectivity index (χ4n) is 1.77. The summed E-state index contributed by atoms with van der Waals surface area (Å²) in [7, 11) is 0. The van der Waals surface area contributed by atoms with Crippen molar-refractivity contribution in [1.29, 1.82) is 0 Å². The number of fused-ring (bicyclic) bond motifs is 1. The largest absolute Gasteiger partial charge is 0.363 e. The van der Waals surface area contributed by atoms with Gasteiger partial charge in [-0.05, 0) is 42.1 Å². The first-order valence-corrected chi connectivity index (χ1v) is 6.68. The van der Waals surface area contributed by atoms with Crippen molar-refractivity contribution < 1.29 is 0 Å². The molecule has 0 aliphatic carbocycles. The molecule has 15 heavy (non-hydrogen) atoms. The van der Waals surface area contributed by atoms with E-state index in [9.17, 15) is 0 Å². The number of rotatable bonds is 2. The molecule has 0 aromatic carbocycles. The fourth-order valence-corrected chi connectivity index (χ4v) is 2.91. The van der Waals surface area contributed by atoms with Gasteiger partial charge in [-0.1, -0.05) is 6.92 Å².